The molecule has 2 heterocycles. The minimum absolute atomic E-state index is 0.338. The molecule has 2 aromatic rings. The smallest absolute Gasteiger partial charge is 0.0483 e. The molecule has 0 aliphatic carbocycles. The maximum absolute atomic E-state index is 5.98. The van der Waals surface area contributed by atoms with Crippen molar-refractivity contribution in [1.29, 1.82) is 0 Å². The van der Waals surface area contributed by atoms with Gasteiger partial charge < -0.3 is 10.3 Å². The van der Waals surface area contributed by atoms with Crippen molar-refractivity contribution in [2.45, 2.75) is 25.4 Å². The van der Waals surface area contributed by atoms with E-state index < -0.39 is 0 Å². The molecule has 0 spiro atoms. The highest BCUT2D eigenvalue weighted by Crippen LogP contribution is 2.27. The van der Waals surface area contributed by atoms with Crippen LogP contribution in [-0.2, 0) is 13.0 Å². The minimum Gasteiger partial charge on any atom is -0.344 e. The van der Waals surface area contributed by atoms with Gasteiger partial charge in [0.25, 0.3) is 0 Å². The lowest BCUT2D eigenvalue weighted by Gasteiger charge is -2.21. The second-order valence-electron chi connectivity index (χ2n) is 4.24. The molecular formula is C12H13BrN2. The van der Waals surface area contributed by atoms with E-state index in [9.17, 15) is 0 Å². The van der Waals surface area contributed by atoms with Crippen LogP contribution in [0.2, 0.25) is 0 Å². The molecule has 78 valence electrons. The lowest BCUT2D eigenvalue weighted by atomic mass is 10.1. The van der Waals surface area contributed by atoms with Crippen LogP contribution in [-0.4, -0.2) is 10.6 Å². The van der Waals surface area contributed by atoms with Crippen LogP contribution >= 0.6 is 15.9 Å². The van der Waals surface area contributed by atoms with Gasteiger partial charge >= 0.3 is 0 Å². The fraction of sp³-hybridized carbons (Fsp3) is 0.333. The number of nitrogens with two attached hydrogens (primary N) is 1. The lowest BCUT2D eigenvalue weighted by Crippen LogP contribution is -2.30. The van der Waals surface area contributed by atoms with Gasteiger partial charge in [0.15, 0.2) is 0 Å². The van der Waals surface area contributed by atoms with Crippen molar-refractivity contribution >= 4 is 26.8 Å². The van der Waals surface area contributed by atoms with Crippen molar-refractivity contribution < 1.29 is 0 Å². The molecule has 0 bridgehead atoms. The highest BCUT2D eigenvalue weighted by Gasteiger charge is 2.17. The molecule has 3 rings (SSSR count). The quantitative estimate of drug-likeness (QED) is 0.780. The van der Waals surface area contributed by atoms with Crippen molar-refractivity contribution in [2.24, 2.45) is 5.73 Å². The van der Waals surface area contributed by atoms with Crippen LogP contribution < -0.4 is 5.73 Å². The Bertz CT molecular complexity index is 516. The first-order chi connectivity index (χ1) is 7.24. The Labute approximate surface area is 97.2 Å². The average Bonchev–Trinajstić information content (AvgIpc) is 2.53. The summed E-state index contributed by atoms with van der Waals surface area (Å²) in [6.45, 7) is 1.06. The minimum atomic E-state index is 0.338. The molecule has 3 heteroatoms. The molecule has 0 radical (unpaired) electrons. The van der Waals surface area contributed by atoms with Gasteiger partial charge in [-0.2, -0.15) is 0 Å². The Kier molecular flexibility index (Phi) is 2.11. The molecule has 1 unspecified atom stereocenters. The van der Waals surface area contributed by atoms with Gasteiger partial charge in [0, 0.05) is 40.1 Å². The number of nitrogens with zero attached hydrogens (tertiary/aromatic N) is 1. The summed E-state index contributed by atoms with van der Waals surface area (Å²) in [5, 5.41) is 1.31. The van der Waals surface area contributed by atoms with Crippen molar-refractivity contribution in [3.63, 3.8) is 0 Å². The van der Waals surface area contributed by atoms with E-state index in [-0.39, 0.29) is 0 Å². The third-order valence-corrected chi connectivity index (χ3v) is 3.64. The Hall–Kier alpha value is -0.800. The summed E-state index contributed by atoms with van der Waals surface area (Å²) in [6.07, 6.45) is 2.10. The van der Waals surface area contributed by atoms with E-state index in [4.69, 9.17) is 5.73 Å². The second kappa shape index (κ2) is 3.35. The number of rotatable bonds is 0. The van der Waals surface area contributed by atoms with Gasteiger partial charge in [0.2, 0.25) is 0 Å². The zero-order chi connectivity index (χ0) is 10.4. The fourth-order valence-corrected chi connectivity index (χ4v) is 2.78. The Balaban J connectivity index is 2.23. The Morgan fingerprint density at radius 2 is 2.20 bits per heavy atom. The molecular weight excluding hydrogens is 252 g/mol. The maximum atomic E-state index is 5.98. The largest absolute Gasteiger partial charge is 0.344 e. The van der Waals surface area contributed by atoms with Crippen LogP contribution in [0.5, 0.6) is 0 Å². The maximum Gasteiger partial charge on any atom is 0.0483 e. The van der Waals surface area contributed by atoms with Crippen molar-refractivity contribution in [3.8, 4) is 0 Å². The number of benzene rings is 1. The summed E-state index contributed by atoms with van der Waals surface area (Å²) >= 11 is 3.50. The molecule has 0 fully saturated rings. The van der Waals surface area contributed by atoms with E-state index in [0.29, 0.717) is 6.04 Å². The van der Waals surface area contributed by atoms with Gasteiger partial charge in [-0.25, -0.2) is 0 Å². The summed E-state index contributed by atoms with van der Waals surface area (Å²) < 4.78 is 3.53. The Morgan fingerprint density at radius 1 is 1.33 bits per heavy atom. The van der Waals surface area contributed by atoms with E-state index in [1.54, 1.807) is 0 Å². The zero-order valence-electron chi connectivity index (χ0n) is 8.41. The molecule has 0 saturated carbocycles. The normalized spacial score (nSPS) is 20.5. The van der Waals surface area contributed by atoms with Crippen LogP contribution in [0.3, 0.4) is 0 Å². The molecule has 1 atom stereocenters. The first-order valence-corrected chi connectivity index (χ1v) is 6.06. The summed E-state index contributed by atoms with van der Waals surface area (Å²) in [5.74, 6) is 0. The van der Waals surface area contributed by atoms with Crippen LogP contribution in [0.15, 0.2) is 28.7 Å². The molecule has 1 aromatic heterocycles. The standard InChI is InChI=1S/C12H13BrN2/c13-9-1-2-12-8(5-9)6-11-7-10(14)3-4-15(11)12/h1-2,5-6,10H,3-4,7,14H2. The predicted molar refractivity (Wildman–Crippen MR) is 65.9 cm³/mol. The van der Waals surface area contributed by atoms with Crippen LogP contribution in [0.1, 0.15) is 12.1 Å². The highest BCUT2D eigenvalue weighted by molar-refractivity contribution is 9.10. The lowest BCUT2D eigenvalue weighted by molar-refractivity contribution is 0.480. The first kappa shape index (κ1) is 9.43. The molecule has 1 aliphatic rings. The van der Waals surface area contributed by atoms with Gasteiger partial charge in [-0.3, -0.25) is 0 Å². The van der Waals surface area contributed by atoms with Crippen molar-refractivity contribution in [1.82, 2.24) is 4.57 Å². The summed E-state index contributed by atoms with van der Waals surface area (Å²) in [4.78, 5) is 0. The van der Waals surface area contributed by atoms with Gasteiger partial charge in [-0.05, 0) is 30.7 Å². The van der Waals surface area contributed by atoms with E-state index in [1.807, 2.05) is 0 Å². The molecule has 2 nitrogen and oxygen atoms in total. The molecule has 15 heavy (non-hydrogen) atoms. The van der Waals surface area contributed by atoms with Gasteiger partial charge in [0.1, 0.15) is 0 Å². The zero-order valence-corrected chi connectivity index (χ0v) is 10.00. The van der Waals surface area contributed by atoms with Gasteiger partial charge in [0.05, 0.1) is 0 Å². The van der Waals surface area contributed by atoms with E-state index >= 15 is 0 Å². The average molecular weight is 265 g/mol. The van der Waals surface area contributed by atoms with Crippen LogP contribution in [0.4, 0.5) is 0 Å². The molecule has 2 N–H and O–H groups in total. The molecule has 1 aromatic carbocycles. The molecule has 1 aliphatic heterocycles. The van der Waals surface area contributed by atoms with Crippen molar-refractivity contribution in [2.75, 3.05) is 0 Å². The van der Waals surface area contributed by atoms with Crippen LogP contribution in [0, 0.1) is 0 Å². The number of fused-ring (bicyclic) bond motifs is 3. The van der Waals surface area contributed by atoms with E-state index in [2.05, 4.69) is 44.8 Å². The third-order valence-electron chi connectivity index (χ3n) is 3.14. The molecule has 0 amide bonds. The predicted octanol–water partition coefficient (Wildman–Crippen LogP) is 2.68. The van der Waals surface area contributed by atoms with Gasteiger partial charge in [-0.15, -0.1) is 0 Å². The molecule has 0 saturated heterocycles. The summed E-state index contributed by atoms with van der Waals surface area (Å²) in [5.41, 5.74) is 8.69. The Morgan fingerprint density at radius 3 is 3.07 bits per heavy atom. The van der Waals surface area contributed by atoms with Crippen molar-refractivity contribution in [3.05, 3.63) is 34.4 Å². The topological polar surface area (TPSA) is 30.9 Å². The monoisotopic (exact) mass is 264 g/mol. The van der Waals surface area contributed by atoms with Crippen LogP contribution in [0.25, 0.3) is 10.9 Å². The first-order valence-electron chi connectivity index (χ1n) is 5.27. The number of halogens is 1. The van der Waals surface area contributed by atoms with E-state index in [1.165, 1.54) is 16.6 Å². The summed E-state index contributed by atoms with van der Waals surface area (Å²) in [6, 6.07) is 9.06. The number of hydrogen-bond acceptors (Lipinski definition) is 1. The number of aromatic nitrogens is 1. The number of aryl methyl sites for hydroxylation is 1. The van der Waals surface area contributed by atoms with E-state index in [0.717, 1.165) is 23.9 Å². The van der Waals surface area contributed by atoms with Gasteiger partial charge in [-0.1, -0.05) is 15.9 Å². The summed E-state index contributed by atoms with van der Waals surface area (Å²) in [7, 11) is 0. The highest BCUT2D eigenvalue weighted by atomic mass is 79.9. The SMILES string of the molecule is NC1CCn2c(cc3cc(Br)ccc32)C1. The third kappa shape index (κ3) is 1.50. The fourth-order valence-electron chi connectivity index (χ4n) is 2.40. The number of hydrogen-bond donors (Lipinski definition) is 1. The second-order valence-corrected chi connectivity index (χ2v) is 5.16.